The van der Waals surface area contributed by atoms with Crippen molar-refractivity contribution in [2.75, 3.05) is 27.4 Å². The normalized spacial score (nSPS) is 23.0. The molecule has 3 unspecified atom stereocenters. The van der Waals surface area contributed by atoms with E-state index in [9.17, 15) is 0 Å². The fourth-order valence-corrected chi connectivity index (χ4v) is 2.91. The second kappa shape index (κ2) is 7.66. The Hall–Kier alpha value is -1.26. The molecule has 1 aromatic carbocycles. The molecule has 4 nitrogen and oxygen atoms in total. The molecule has 118 valence electrons. The number of hydrogen-bond acceptors (Lipinski definition) is 4. The third-order valence-corrected chi connectivity index (χ3v) is 4.38. The highest BCUT2D eigenvalue weighted by molar-refractivity contribution is 5.43. The monoisotopic (exact) mass is 293 g/mol. The molecular formula is C17H27NO3. The van der Waals surface area contributed by atoms with Gasteiger partial charge in [0, 0.05) is 19.2 Å². The average Bonchev–Trinajstić information content (AvgIpc) is 2.93. The van der Waals surface area contributed by atoms with Gasteiger partial charge in [-0.2, -0.15) is 0 Å². The fourth-order valence-electron chi connectivity index (χ4n) is 2.91. The highest BCUT2D eigenvalue weighted by Crippen LogP contribution is 2.31. The van der Waals surface area contributed by atoms with Gasteiger partial charge in [0.05, 0.1) is 20.3 Å². The number of ether oxygens (including phenoxy) is 3. The van der Waals surface area contributed by atoms with Crippen molar-refractivity contribution in [2.45, 2.75) is 38.8 Å². The zero-order valence-electron chi connectivity index (χ0n) is 13.5. The van der Waals surface area contributed by atoms with Crippen molar-refractivity contribution >= 4 is 0 Å². The Labute approximate surface area is 127 Å². The van der Waals surface area contributed by atoms with E-state index < -0.39 is 0 Å². The van der Waals surface area contributed by atoms with Crippen molar-refractivity contribution in [1.82, 2.24) is 5.32 Å². The molecular weight excluding hydrogens is 266 g/mol. The Morgan fingerprint density at radius 2 is 2.05 bits per heavy atom. The third kappa shape index (κ3) is 3.89. The van der Waals surface area contributed by atoms with Gasteiger partial charge in [0.2, 0.25) is 0 Å². The number of rotatable bonds is 7. The molecule has 0 amide bonds. The number of hydrogen-bond donors (Lipinski definition) is 1. The molecule has 21 heavy (non-hydrogen) atoms. The Bertz CT molecular complexity index is 450. The lowest BCUT2D eigenvalue weighted by atomic mass is 9.99. The van der Waals surface area contributed by atoms with Gasteiger partial charge in [0.1, 0.15) is 0 Å². The molecule has 1 aliphatic heterocycles. The van der Waals surface area contributed by atoms with Crippen molar-refractivity contribution < 1.29 is 14.2 Å². The van der Waals surface area contributed by atoms with Gasteiger partial charge in [-0.15, -0.1) is 0 Å². The summed E-state index contributed by atoms with van der Waals surface area (Å²) in [5.74, 6) is 2.17. The van der Waals surface area contributed by atoms with Crippen LogP contribution in [-0.2, 0) is 4.74 Å². The lowest BCUT2D eigenvalue weighted by Crippen LogP contribution is -2.30. The van der Waals surface area contributed by atoms with E-state index in [0.29, 0.717) is 18.1 Å². The standard InChI is InChI=1S/C17H27NO3/c1-5-15(18-11-14-8-9-21-12(14)2)13-6-7-16(19-3)17(10-13)20-4/h6-7,10,12,14-15,18H,5,8-9,11H2,1-4H3. The fraction of sp³-hybridized carbons (Fsp3) is 0.647. The minimum atomic E-state index is 0.331. The summed E-state index contributed by atoms with van der Waals surface area (Å²) >= 11 is 0. The summed E-state index contributed by atoms with van der Waals surface area (Å²) in [4.78, 5) is 0. The van der Waals surface area contributed by atoms with Crippen LogP contribution in [0.1, 0.15) is 38.3 Å². The number of benzene rings is 1. The van der Waals surface area contributed by atoms with E-state index in [1.165, 1.54) is 5.56 Å². The van der Waals surface area contributed by atoms with E-state index in [4.69, 9.17) is 14.2 Å². The second-order valence-corrected chi connectivity index (χ2v) is 5.61. The molecule has 0 aliphatic carbocycles. The first-order valence-corrected chi connectivity index (χ1v) is 7.76. The van der Waals surface area contributed by atoms with Gasteiger partial charge < -0.3 is 19.5 Å². The zero-order chi connectivity index (χ0) is 15.2. The van der Waals surface area contributed by atoms with Crippen molar-refractivity contribution in [1.29, 1.82) is 0 Å². The van der Waals surface area contributed by atoms with E-state index >= 15 is 0 Å². The van der Waals surface area contributed by atoms with Gasteiger partial charge in [0.25, 0.3) is 0 Å². The van der Waals surface area contributed by atoms with Crippen molar-refractivity contribution in [3.05, 3.63) is 23.8 Å². The van der Waals surface area contributed by atoms with Crippen LogP contribution >= 0.6 is 0 Å². The zero-order valence-corrected chi connectivity index (χ0v) is 13.5. The molecule has 2 rings (SSSR count). The smallest absolute Gasteiger partial charge is 0.161 e. The summed E-state index contributed by atoms with van der Waals surface area (Å²) in [5.41, 5.74) is 1.24. The lowest BCUT2D eigenvalue weighted by molar-refractivity contribution is 0.105. The molecule has 0 saturated carbocycles. The van der Waals surface area contributed by atoms with Crippen LogP contribution in [0.4, 0.5) is 0 Å². The van der Waals surface area contributed by atoms with Crippen molar-refractivity contribution in [2.24, 2.45) is 5.92 Å². The molecule has 0 aromatic heterocycles. The minimum absolute atomic E-state index is 0.331. The SMILES string of the molecule is CCC(NCC1CCOC1C)c1ccc(OC)c(OC)c1. The van der Waals surface area contributed by atoms with Crippen LogP contribution in [0.15, 0.2) is 18.2 Å². The summed E-state index contributed by atoms with van der Waals surface area (Å²) < 4.78 is 16.3. The van der Waals surface area contributed by atoms with Crippen LogP contribution in [-0.4, -0.2) is 33.5 Å². The van der Waals surface area contributed by atoms with Gasteiger partial charge >= 0.3 is 0 Å². The van der Waals surface area contributed by atoms with Crippen LogP contribution in [0.5, 0.6) is 11.5 Å². The van der Waals surface area contributed by atoms with Crippen LogP contribution < -0.4 is 14.8 Å². The molecule has 1 aromatic rings. The molecule has 0 radical (unpaired) electrons. The minimum Gasteiger partial charge on any atom is -0.493 e. The second-order valence-electron chi connectivity index (χ2n) is 5.61. The largest absolute Gasteiger partial charge is 0.493 e. The van der Waals surface area contributed by atoms with E-state index in [1.807, 2.05) is 6.07 Å². The average molecular weight is 293 g/mol. The molecule has 4 heteroatoms. The molecule has 0 spiro atoms. The molecule has 1 fully saturated rings. The molecule has 1 N–H and O–H groups in total. The molecule has 1 heterocycles. The van der Waals surface area contributed by atoms with E-state index in [1.54, 1.807) is 14.2 Å². The van der Waals surface area contributed by atoms with Crippen LogP contribution in [0, 0.1) is 5.92 Å². The van der Waals surface area contributed by atoms with E-state index in [0.717, 1.165) is 37.5 Å². The Balaban J connectivity index is 2.03. The van der Waals surface area contributed by atoms with Gasteiger partial charge in [-0.1, -0.05) is 13.0 Å². The van der Waals surface area contributed by atoms with Crippen LogP contribution in [0.3, 0.4) is 0 Å². The third-order valence-electron chi connectivity index (χ3n) is 4.38. The number of nitrogens with one attached hydrogen (secondary N) is 1. The summed E-state index contributed by atoms with van der Waals surface area (Å²) in [6.07, 6.45) is 2.55. The van der Waals surface area contributed by atoms with E-state index in [2.05, 4.69) is 31.3 Å². The van der Waals surface area contributed by atoms with E-state index in [-0.39, 0.29) is 0 Å². The maximum absolute atomic E-state index is 5.63. The summed E-state index contributed by atoms with van der Waals surface area (Å²) in [6, 6.07) is 6.48. The predicted octanol–water partition coefficient (Wildman–Crippen LogP) is 3.17. The Morgan fingerprint density at radius 3 is 2.62 bits per heavy atom. The summed E-state index contributed by atoms with van der Waals surface area (Å²) in [5, 5.41) is 3.67. The highest BCUT2D eigenvalue weighted by atomic mass is 16.5. The summed E-state index contributed by atoms with van der Waals surface area (Å²) in [7, 11) is 3.34. The van der Waals surface area contributed by atoms with Gasteiger partial charge in [-0.05, 0) is 43.4 Å². The predicted molar refractivity (Wildman–Crippen MR) is 84.1 cm³/mol. The maximum Gasteiger partial charge on any atom is 0.161 e. The quantitative estimate of drug-likeness (QED) is 0.838. The topological polar surface area (TPSA) is 39.7 Å². The molecule has 1 aliphatic rings. The van der Waals surface area contributed by atoms with Gasteiger partial charge in [-0.25, -0.2) is 0 Å². The highest BCUT2D eigenvalue weighted by Gasteiger charge is 2.24. The lowest BCUT2D eigenvalue weighted by Gasteiger charge is -2.22. The first kappa shape index (κ1) is 16.1. The first-order chi connectivity index (χ1) is 10.2. The Morgan fingerprint density at radius 1 is 1.29 bits per heavy atom. The molecule has 3 atom stereocenters. The van der Waals surface area contributed by atoms with Crippen molar-refractivity contribution in [3.8, 4) is 11.5 Å². The van der Waals surface area contributed by atoms with Crippen LogP contribution in [0.2, 0.25) is 0 Å². The van der Waals surface area contributed by atoms with Gasteiger partial charge in [-0.3, -0.25) is 0 Å². The van der Waals surface area contributed by atoms with Crippen molar-refractivity contribution in [3.63, 3.8) is 0 Å². The molecule has 0 bridgehead atoms. The molecule has 1 saturated heterocycles. The first-order valence-electron chi connectivity index (χ1n) is 7.76. The Kier molecular flexibility index (Phi) is 5.88. The van der Waals surface area contributed by atoms with Gasteiger partial charge in [0.15, 0.2) is 11.5 Å². The summed E-state index contributed by atoms with van der Waals surface area (Å²) in [6.45, 7) is 6.24. The number of methoxy groups -OCH3 is 2. The maximum atomic E-state index is 5.63. The van der Waals surface area contributed by atoms with Crippen LogP contribution in [0.25, 0.3) is 0 Å².